The van der Waals surface area contributed by atoms with E-state index < -0.39 is 0 Å². The van der Waals surface area contributed by atoms with Crippen LogP contribution in [-0.4, -0.2) is 33.8 Å². The van der Waals surface area contributed by atoms with E-state index in [0.717, 1.165) is 30.4 Å². The molecule has 0 aliphatic carbocycles. The first kappa shape index (κ1) is 12.0. The van der Waals surface area contributed by atoms with E-state index in [1.165, 1.54) is 0 Å². The van der Waals surface area contributed by atoms with Crippen molar-refractivity contribution in [1.82, 2.24) is 10.2 Å². The maximum atomic E-state index is 5.69. The third kappa shape index (κ3) is 2.80. The quantitative estimate of drug-likeness (QED) is 0.762. The molecule has 5 heteroatoms. The number of hydrogen-bond acceptors (Lipinski definition) is 4. The Balaban J connectivity index is 2.11. The molecule has 0 amide bonds. The molecule has 1 aromatic rings. The molecule has 0 N–H and O–H groups in total. The molecule has 1 aliphatic heterocycles. The first-order valence-corrected chi connectivity index (χ1v) is 6.90. The van der Waals surface area contributed by atoms with E-state index in [2.05, 4.69) is 28.9 Å². The summed E-state index contributed by atoms with van der Waals surface area (Å²) in [4.78, 5) is 2.29. The van der Waals surface area contributed by atoms with Crippen LogP contribution in [0.3, 0.4) is 0 Å². The highest BCUT2D eigenvalue weighted by Crippen LogP contribution is 2.31. The van der Waals surface area contributed by atoms with Gasteiger partial charge in [-0.25, -0.2) is 0 Å². The van der Waals surface area contributed by atoms with E-state index >= 15 is 0 Å². The summed E-state index contributed by atoms with van der Waals surface area (Å²) < 4.78 is 0.297. The zero-order chi connectivity index (χ0) is 11.6. The van der Waals surface area contributed by atoms with Crippen LogP contribution >= 0.6 is 23.4 Å². The van der Waals surface area contributed by atoms with Gasteiger partial charge in [0.1, 0.15) is 0 Å². The van der Waals surface area contributed by atoms with Crippen LogP contribution in [0, 0.1) is 0 Å². The van der Waals surface area contributed by atoms with Crippen LogP contribution in [0.1, 0.15) is 19.5 Å². The summed E-state index contributed by atoms with van der Waals surface area (Å²) in [6.45, 7) is 6.60. The van der Waals surface area contributed by atoms with Gasteiger partial charge in [0, 0.05) is 23.6 Å². The zero-order valence-electron chi connectivity index (χ0n) is 9.61. The third-order valence-corrected chi connectivity index (χ3v) is 4.16. The molecule has 0 atom stereocenters. The maximum absolute atomic E-state index is 5.69. The summed E-state index contributed by atoms with van der Waals surface area (Å²) in [6.07, 6.45) is 0. The molecule has 1 aliphatic rings. The van der Waals surface area contributed by atoms with Gasteiger partial charge in [0.2, 0.25) is 0 Å². The van der Waals surface area contributed by atoms with Gasteiger partial charge in [-0.05, 0) is 26.0 Å². The van der Waals surface area contributed by atoms with Crippen molar-refractivity contribution >= 4 is 29.2 Å². The molecule has 0 unspecified atom stereocenters. The molecule has 3 nitrogen and oxygen atoms in total. The number of alkyl halides is 1. The zero-order valence-corrected chi connectivity index (χ0v) is 11.2. The number of hydrogen-bond donors (Lipinski definition) is 0. The van der Waals surface area contributed by atoms with Crippen molar-refractivity contribution in [2.75, 3.05) is 23.7 Å². The Morgan fingerprint density at radius 3 is 2.81 bits per heavy atom. The normalized spacial score (nSPS) is 19.8. The van der Waals surface area contributed by atoms with Gasteiger partial charge in [-0.2, -0.15) is 16.9 Å². The third-order valence-electron chi connectivity index (χ3n) is 2.59. The van der Waals surface area contributed by atoms with Crippen LogP contribution in [0.25, 0.3) is 0 Å². The summed E-state index contributed by atoms with van der Waals surface area (Å²) >= 11 is 7.71. The van der Waals surface area contributed by atoms with Crippen LogP contribution in [0.5, 0.6) is 0 Å². The van der Waals surface area contributed by atoms with Crippen molar-refractivity contribution in [1.29, 1.82) is 0 Å². The number of halogens is 1. The van der Waals surface area contributed by atoms with Crippen molar-refractivity contribution in [3.05, 3.63) is 17.8 Å². The second kappa shape index (κ2) is 4.80. The first-order valence-electron chi connectivity index (χ1n) is 5.38. The Morgan fingerprint density at radius 2 is 2.25 bits per heavy atom. The maximum Gasteiger partial charge on any atom is 0.151 e. The fourth-order valence-electron chi connectivity index (χ4n) is 1.80. The largest absolute Gasteiger partial charge is 0.353 e. The molecular formula is C11H16ClN3S. The second-order valence-electron chi connectivity index (χ2n) is 4.55. The average molecular weight is 258 g/mol. The summed E-state index contributed by atoms with van der Waals surface area (Å²) in [7, 11) is 0. The smallest absolute Gasteiger partial charge is 0.151 e. The van der Waals surface area contributed by atoms with Gasteiger partial charge in [-0.1, -0.05) is 0 Å². The number of anilines is 1. The minimum absolute atomic E-state index is 0.297. The van der Waals surface area contributed by atoms with E-state index in [-0.39, 0.29) is 0 Å². The lowest BCUT2D eigenvalue weighted by molar-refractivity contribution is 0.638. The van der Waals surface area contributed by atoms with Gasteiger partial charge in [0.25, 0.3) is 0 Å². The lowest BCUT2D eigenvalue weighted by Gasteiger charge is -2.37. The molecule has 0 aromatic carbocycles. The summed E-state index contributed by atoms with van der Waals surface area (Å²) in [6, 6.07) is 3.96. The van der Waals surface area contributed by atoms with E-state index in [1.54, 1.807) is 0 Å². The predicted molar refractivity (Wildman–Crippen MR) is 70.3 cm³/mol. The van der Waals surface area contributed by atoms with E-state index in [0.29, 0.717) is 10.6 Å². The predicted octanol–water partition coefficient (Wildman–Crippen LogP) is 2.55. The van der Waals surface area contributed by atoms with E-state index in [9.17, 15) is 0 Å². The molecule has 0 saturated carbocycles. The Labute approximate surface area is 106 Å². The van der Waals surface area contributed by atoms with Gasteiger partial charge in [0.15, 0.2) is 5.82 Å². The molecule has 0 bridgehead atoms. The van der Waals surface area contributed by atoms with Crippen LogP contribution in [0.4, 0.5) is 5.82 Å². The number of thioether (sulfide) groups is 1. The Bertz CT molecular complexity index is 353. The minimum atomic E-state index is 0.297. The molecular weight excluding hydrogens is 242 g/mol. The molecule has 2 heterocycles. The first-order chi connectivity index (χ1) is 7.61. The van der Waals surface area contributed by atoms with Crippen LogP contribution < -0.4 is 4.90 Å². The van der Waals surface area contributed by atoms with Crippen LogP contribution in [0.15, 0.2) is 12.1 Å². The molecule has 1 saturated heterocycles. The molecule has 0 spiro atoms. The number of nitrogens with zero attached hydrogens (tertiary/aromatic N) is 3. The highest BCUT2D eigenvalue weighted by atomic mass is 35.5. The van der Waals surface area contributed by atoms with Crippen molar-refractivity contribution in [3.63, 3.8) is 0 Å². The fraction of sp³-hybridized carbons (Fsp3) is 0.636. The summed E-state index contributed by atoms with van der Waals surface area (Å²) in [5, 5.41) is 8.31. The fourth-order valence-corrected chi connectivity index (χ4v) is 3.06. The Morgan fingerprint density at radius 1 is 1.44 bits per heavy atom. The lowest BCUT2D eigenvalue weighted by atomic mass is 10.2. The monoisotopic (exact) mass is 257 g/mol. The summed E-state index contributed by atoms with van der Waals surface area (Å²) in [5.74, 6) is 2.53. The molecule has 2 rings (SSSR count). The van der Waals surface area contributed by atoms with E-state index in [4.69, 9.17) is 11.6 Å². The second-order valence-corrected chi connectivity index (χ2v) is 6.62. The SMILES string of the molecule is CC1(C)CN(c2ccc(CCl)nn2)CCS1. The lowest BCUT2D eigenvalue weighted by Crippen LogP contribution is -2.43. The van der Waals surface area contributed by atoms with Crippen LogP contribution in [-0.2, 0) is 5.88 Å². The van der Waals surface area contributed by atoms with E-state index in [1.807, 2.05) is 23.9 Å². The molecule has 1 aromatic heterocycles. The summed E-state index contributed by atoms with van der Waals surface area (Å²) in [5.41, 5.74) is 0.830. The van der Waals surface area contributed by atoms with Gasteiger partial charge < -0.3 is 4.90 Å². The average Bonchev–Trinajstić information content (AvgIpc) is 2.28. The molecule has 0 radical (unpaired) electrons. The van der Waals surface area contributed by atoms with Crippen molar-refractivity contribution in [3.8, 4) is 0 Å². The Kier molecular flexibility index (Phi) is 3.60. The number of aromatic nitrogens is 2. The highest BCUT2D eigenvalue weighted by molar-refractivity contribution is 8.00. The number of rotatable bonds is 2. The van der Waals surface area contributed by atoms with Crippen molar-refractivity contribution in [2.24, 2.45) is 0 Å². The molecule has 88 valence electrons. The highest BCUT2D eigenvalue weighted by Gasteiger charge is 2.27. The Hall–Kier alpha value is -0.480. The van der Waals surface area contributed by atoms with Crippen molar-refractivity contribution in [2.45, 2.75) is 24.5 Å². The van der Waals surface area contributed by atoms with Gasteiger partial charge in [0.05, 0.1) is 11.6 Å². The standard InChI is InChI=1S/C11H16ClN3S/c1-11(2)8-15(5-6-16-11)10-4-3-9(7-12)13-14-10/h3-4H,5-8H2,1-2H3. The van der Waals surface area contributed by atoms with Crippen LogP contribution in [0.2, 0.25) is 0 Å². The molecule has 16 heavy (non-hydrogen) atoms. The topological polar surface area (TPSA) is 29.0 Å². The van der Waals surface area contributed by atoms with Gasteiger partial charge in [-0.15, -0.1) is 16.7 Å². The minimum Gasteiger partial charge on any atom is -0.353 e. The molecule has 1 fully saturated rings. The van der Waals surface area contributed by atoms with Gasteiger partial charge >= 0.3 is 0 Å². The van der Waals surface area contributed by atoms with Crippen molar-refractivity contribution < 1.29 is 0 Å². The van der Waals surface area contributed by atoms with Gasteiger partial charge in [-0.3, -0.25) is 0 Å².